The third kappa shape index (κ3) is 6.17. The molecule has 0 amide bonds. The van der Waals surface area contributed by atoms with Crippen molar-refractivity contribution in [1.82, 2.24) is 0 Å². The van der Waals surface area contributed by atoms with Crippen molar-refractivity contribution in [2.45, 2.75) is 52.6 Å². The van der Waals surface area contributed by atoms with Crippen molar-refractivity contribution in [3.63, 3.8) is 0 Å². The van der Waals surface area contributed by atoms with Crippen LogP contribution >= 0.6 is 23.2 Å². The number of hydrogen-bond acceptors (Lipinski definition) is 4. The van der Waals surface area contributed by atoms with Gasteiger partial charge in [0, 0.05) is 10.0 Å². The summed E-state index contributed by atoms with van der Waals surface area (Å²) in [6, 6.07) is 4.89. The fraction of sp³-hybridized carbons (Fsp3) is 0.600. The normalized spacial score (nSPS) is 22.9. The molecule has 6 heteroatoms. The van der Waals surface area contributed by atoms with Gasteiger partial charge in [-0.1, -0.05) is 56.5 Å². The molecule has 0 N–H and O–H groups in total. The summed E-state index contributed by atoms with van der Waals surface area (Å²) < 4.78 is 10.7. The largest absolute Gasteiger partial charge is 0.460 e. The van der Waals surface area contributed by atoms with Gasteiger partial charge in [0.05, 0.1) is 6.42 Å². The molecule has 4 nitrogen and oxygen atoms in total. The maximum atomic E-state index is 12.1. The highest BCUT2D eigenvalue weighted by Gasteiger charge is 2.33. The SMILES string of the molecule is CC(C)[C@@H]1CC[C@H](C)C[C@@H]1OC(=O)COC(=O)Cc1ccc(Cl)cc1Cl. The molecular formula is C20H26Cl2O4. The van der Waals surface area contributed by atoms with E-state index in [2.05, 4.69) is 20.8 Å². The summed E-state index contributed by atoms with van der Waals surface area (Å²) in [5.74, 6) is 0.333. The van der Waals surface area contributed by atoms with Crippen LogP contribution in [0.2, 0.25) is 10.0 Å². The first-order valence-corrected chi connectivity index (χ1v) is 9.81. The van der Waals surface area contributed by atoms with Crippen LogP contribution in [0.1, 0.15) is 45.6 Å². The molecule has 0 aromatic heterocycles. The van der Waals surface area contributed by atoms with Gasteiger partial charge in [-0.05, 0) is 48.3 Å². The molecule has 0 heterocycles. The average Bonchev–Trinajstić information content (AvgIpc) is 2.55. The molecular weight excluding hydrogens is 375 g/mol. The minimum Gasteiger partial charge on any atom is -0.460 e. The summed E-state index contributed by atoms with van der Waals surface area (Å²) in [5.41, 5.74) is 0.607. The van der Waals surface area contributed by atoms with Gasteiger partial charge in [0.2, 0.25) is 0 Å². The van der Waals surface area contributed by atoms with E-state index >= 15 is 0 Å². The zero-order valence-electron chi connectivity index (χ0n) is 15.5. The first-order chi connectivity index (χ1) is 12.3. The third-order valence-electron chi connectivity index (χ3n) is 4.95. The molecule has 1 aromatic rings. The van der Waals surface area contributed by atoms with Crippen molar-refractivity contribution in [2.24, 2.45) is 17.8 Å². The van der Waals surface area contributed by atoms with E-state index in [1.54, 1.807) is 18.2 Å². The number of rotatable bonds is 6. The van der Waals surface area contributed by atoms with Crippen LogP contribution in [-0.2, 0) is 25.5 Å². The van der Waals surface area contributed by atoms with Crippen molar-refractivity contribution in [3.8, 4) is 0 Å². The monoisotopic (exact) mass is 400 g/mol. The first-order valence-electron chi connectivity index (χ1n) is 9.05. The second-order valence-corrected chi connectivity index (χ2v) is 8.27. The maximum Gasteiger partial charge on any atom is 0.344 e. The molecule has 1 aliphatic carbocycles. The van der Waals surface area contributed by atoms with Crippen LogP contribution < -0.4 is 0 Å². The summed E-state index contributed by atoms with van der Waals surface area (Å²) in [4.78, 5) is 24.1. The molecule has 1 fully saturated rings. The van der Waals surface area contributed by atoms with Gasteiger partial charge in [-0.15, -0.1) is 0 Å². The van der Waals surface area contributed by atoms with Crippen LogP contribution in [0.3, 0.4) is 0 Å². The van der Waals surface area contributed by atoms with Gasteiger partial charge in [-0.2, -0.15) is 0 Å². The molecule has 0 spiro atoms. The van der Waals surface area contributed by atoms with Gasteiger partial charge in [-0.25, -0.2) is 4.79 Å². The fourth-order valence-electron chi connectivity index (χ4n) is 3.46. The summed E-state index contributed by atoms with van der Waals surface area (Å²) in [5, 5.41) is 0.894. The highest BCUT2D eigenvalue weighted by atomic mass is 35.5. The highest BCUT2D eigenvalue weighted by Crippen LogP contribution is 2.35. The number of esters is 2. The molecule has 0 aliphatic heterocycles. The topological polar surface area (TPSA) is 52.6 Å². The molecule has 3 atom stereocenters. The quantitative estimate of drug-likeness (QED) is 0.624. The summed E-state index contributed by atoms with van der Waals surface area (Å²) in [6.07, 6.45) is 2.97. The van der Waals surface area contributed by atoms with E-state index in [0.29, 0.717) is 33.4 Å². The Balaban J connectivity index is 1.82. The number of benzene rings is 1. The lowest BCUT2D eigenvalue weighted by atomic mass is 9.75. The third-order valence-corrected chi connectivity index (χ3v) is 5.53. The molecule has 0 radical (unpaired) electrons. The van der Waals surface area contributed by atoms with E-state index in [1.807, 2.05) is 0 Å². The molecule has 0 unspecified atom stereocenters. The van der Waals surface area contributed by atoms with Crippen molar-refractivity contribution >= 4 is 35.1 Å². The summed E-state index contributed by atoms with van der Waals surface area (Å²) in [6.45, 7) is 6.10. The molecule has 1 aromatic carbocycles. The number of carbonyl (C=O) groups excluding carboxylic acids is 2. The standard InChI is InChI=1S/C20H26Cl2O4/c1-12(2)16-7-4-13(3)8-18(16)26-20(24)11-25-19(23)9-14-5-6-15(21)10-17(14)22/h5-6,10,12-13,16,18H,4,7-9,11H2,1-3H3/t13-,16-,18-/m0/s1. The number of hydrogen-bond donors (Lipinski definition) is 0. The van der Waals surface area contributed by atoms with Gasteiger partial charge < -0.3 is 9.47 Å². The Morgan fingerprint density at radius 1 is 1.19 bits per heavy atom. The van der Waals surface area contributed by atoms with Crippen LogP contribution in [-0.4, -0.2) is 24.6 Å². The van der Waals surface area contributed by atoms with Gasteiger partial charge >= 0.3 is 11.9 Å². The van der Waals surface area contributed by atoms with E-state index < -0.39 is 11.9 Å². The van der Waals surface area contributed by atoms with Crippen molar-refractivity contribution < 1.29 is 19.1 Å². The van der Waals surface area contributed by atoms with Crippen molar-refractivity contribution in [1.29, 1.82) is 0 Å². The zero-order valence-corrected chi connectivity index (χ0v) is 17.0. The number of ether oxygens (including phenoxy) is 2. The van der Waals surface area contributed by atoms with Crippen molar-refractivity contribution in [3.05, 3.63) is 33.8 Å². The first kappa shape index (κ1) is 21.0. The lowest BCUT2D eigenvalue weighted by molar-refractivity contribution is -0.166. The van der Waals surface area contributed by atoms with Crippen LogP contribution in [0.4, 0.5) is 0 Å². The molecule has 1 aliphatic rings. The van der Waals surface area contributed by atoms with E-state index in [0.717, 1.165) is 19.3 Å². The minimum atomic E-state index is -0.524. The Labute approximate surface area is 165 Å². The minimum absolute atomic E-state index is 0.0155. The molecule has 26 heavy (non-hydrogen) atoms. The number of carbonyl (C=O) groups is 2. The summed E-state index contributed by atoms with van der Waals surface area (Å²) in [7, 11) is 0. The molecule has 2 rings (SSSR count). The molecule has 144 valence electrons. The van der Waals surface area contributed by atoms with Gasteiger partial charge in [0.15, 0.2) is 6.61 Å². The lowest BCUT2D eigenvalue weighted by Gasteiger charge is -2.36. The van der Waals surface area contributed by atoms with E-state index in [4.69, 9.17) is 32.7 Å². The van der Waals surface area contributed by atoms with Crippen LogP contribution in [0.5, 0.6) is 0 Å². The Bertz CT molecular complexity index is 645. The number of halogens is 2. The second kappa shape index (κ2) is 9.61. The van der Waals surface area contributed by atoms with E-state index in [-0.39, 0.29) is 19.1 Å². The second-order valence-electron chi connectivity index (χ2n) is 7.43. The lowest BCUT2D eigenvalue weighted by Crippen LogP contribution is -2.36. The predicted octanol–water partition coefficient (Wildman–Crippen LogP) is 5.08. The Hall–Kier alpha value is -1.26. The smallest absolute Gasteiger partial charge is 0.344 e. The Kier molecular flexibility index (Phi) is 7.78. The molecule has 0 saturated heterocycles. The fourth-order valence-corrected chi connectivity index (χ4v) is 3.94. The maximum absolute atomic E-state index is 12.1. The van der Waals surface area contributed by atoms with E-state index in [9.17, 15) is 9.59 Å². The summed E-state index contributed by atoms with van der Waals surface area (Å²) >= 11 is 11.9. The Morgan fingerprint density at radius 2 is 1.92 bits per heavy atom. The van der Waals surface area contributed by atoms with Crippen molar-refractivity contribution in [2.75, 3.05) is 6.61 Å². The van der Waals surface area contributed by atoms with Gasteiger partial charge in [-0.3, -0.25) is 4.79 Å². The van der Waals surface area contributed by atoms with Crippen LogP contribution in [0, 0.1) is 17.8 Å². The van der Waals surface area contributed by atoms with Gasteiger partial charge in [0.25, 0.3) is 0 Å². The molecule has 1 saturated carbocycles. The average molecular weight is 401 g/mol. The van der Waals surface area contributed by atoms with Crippen LogP contribution in [0.15, 0.2) is 18.2 Å². The van der Waals surface area contributed by atoms with E-state index in [1.165, 1.54) is 0 Å². The van der Waals surface area contributed by atoms with Gasteiger partial charge in [0.1, 0.15) is 6.10 Å². The van der Waals surface area contributed by atoms with Crippen LogP contribution in [0.25, 0.3) is 0 Å². The predicted molar refractivity (Wildman–Crippen MR) is 102 cm³/mol. The highest BCUT2D eigenvalue weighted by molar-refractivity contribution is 6.35. The Morgan fingerprint density at radius 3 is 2.58 bits per heavy atom. The zero-order chi connectivity index (χ0) is 19.3. The molecule has 0 bridgehead atoms.